The maximum Gasteiger partial charge on any atom is 0.220 e. The first-order valence-electron chi connectivity index (χ1n) is 9.19. The van der Waals surface area contributed by atoms with Crippen LogP contribution >= 0.6 is 0 Å². The van der Waals surface area contributed by atoms with E-state index in [1.54, 1.807) is 7.11 Å². The molecule has 0 spiro atoms. The molecule has 0 bridgehead atoms. The summed E-state index contributed by atoms with van der Waals surface area (Å²) in [7, 11) is 1.67. The molecule has 4 aromatic rings. The van der Waals surface area contributed by atoms with Gasteiger partial charge in [0.2, 0.25) is 5.91 Å². The summed E-state index contributed by atoms with van der Waals surface area (Å²) in [5, 5.41) is 5.36. The van der Waals surface area contributed by atoms with Gasteiger partial charge in [-0.15, -0.1) is 0 Å². The van der Waals surface area contributed by atoms with E-state index < -0.39 is 0 Å². The highest BCUT2D eigenvalue weighted by molar-refractivity contribution is 5.84. The van der Waals surface area contributed by atoms with E-state index in [-0.39, 0.29) is 5.91 Å². The second-order valence-electron chi connectivity index (χ2n) is 6.64. The minimum Gasteiger partial charge on any atom is -0.497 e. The summed E-state index contributed by atoms with van der Waals surface area (Å²) in [5.41, 5.74) is 3.44. The number of aromatic nitrogens is 2. The minimum atomic E-state index is 0.0819. The number of amides is 1. The lowest BCUT2D eigenvalue weighted by Gasteiger charge is -2.08. The molecule has 0 aliphatic rings. The van der Waals surface area contributed by atoms with Crippen molar-refractivity contribution >= 4 is 27.7 Å². The van der Waals surface area contributed by atoms with Crippen LogP contribution in [0.15, 0.2) is 60.9 Å². The largest absolute Gasteiger partial charge is 0.497 e. The predicted octanol–water partition coefficient (Wildman–Crippen LogP) is 3.88. The van der Waals surface area contributed by atoms with Gasteiger partial charge in [-0.25, -0.2) is 0 Å². The topological polar surface area (TPSA) is 59.0 Å². The lowest BCUT2D eigenvalue weighted by molar-refractivity contribution is -0.121. The highest BCUT2D eigenvalue weighted by atomic mass is 16.5. The molecule has 0 atom stereocenters. The Kier molecular flexibility index (Phi) is 4.83. The minimum absolute atomic E-state index is 0.0819. The zero-order chi connectivity index (χ0) is 18.6. The number of hydrogen-bond acceptors (Lipinski definition) is 2. The first-order chi connectivity index (χ1) is 13.2. The van der Waals surface area contributed by atoms with Gasteiger partial charge in [0.15, 0.2) is 0 Å². The van der Waals surface area contributed by atoms with Gasteiger partial charge in [-0.1, -0.05) is 18.2 Å². The fourth-order valence-electron chi connectivity index (χ4n) is 3.49. The number of fused-ring (bicyclic) bond motifs is 2. The van der Waals surface area contributed by atoms with Gasteiger partial charge >= 0.3 is 0 Å². The Bertz CT molecular complexity index is 1080. The third-order valence-corrected chi connectivity index (χ3v) is 4.95. The average molecular weight is 361 g/mol. The fourth-order valence-corrected chi connectivity index (χ4v) is 3.49. The third-order valence-electron chi connectivity index (χ3n) is 4.95. The van der Waals surface area contributed by atoms with E-state index in [1.165, 1.54) is 10.9 Å². The summed E-state index contributed by atoms with van der Waals surface area (Å²) in [5.74, 6) is 0.934. The molecule has 2 heterocycles. The van der Waals surface area contributed by atoms with E-state index >= 15 is 0 Å². The van der Waals surface area contributed by atoms with Gasteiger partial charge in [-0.3, -0.25) is 4.79 Å². The number of aryl methyl sites for hydroxylation is 1. The Morgan fingerprint density at radius 3 is 2.96 bits per heavy atom. The van der Waals surface area contributed by atoms with E-state index in [1.807, 2.05) is 42.7 Å². The monoisotopic (exact) mass is 361 g/mol. The van der Waals surface area contributed by atoms with Crippen molar-refractivity contribution in [1.82, 2.24) is 14.9 Å². The molecule has 2 N–H and O–H groups in total. The number of rotatable bonds is 7. The van der Waals surface area contributed by atoms with Crippen molar-refractivity contribution in [3.63, 3.8) is 0 Å². The second kappa shape index (κ2) is 7.58. The van der Waals surface area contributed by atoms with Crippen LogP contribution in [0.2, 0.25) is 0 Å². The molecule has 27 heavy (non-hydrogen) atoms. The van der Waals surface area contributed by atoms with Crippen LogP contribution in [0.25, 0.3) is 21.8 Å². The van der Waals surface area contributed by atoms with Gasteiger partial charge in [-0.2, -0.15) is 0 Å². The van der Waals surface area contributed by atoms with Gasteiger partial charge in [-0.05, 0) is 42.3 Å². The number of benzene rings is 2. The van der Waals surface area contributed by atoms with Crippen LogP contribution in [0, 0.1) is 0 Å². The van der Waals surface area contributed by atoms with Crippen molar-refractivity contribution in [3.8, 4) is 5.75 Å². The number of carbonyl (C=O) groups is 1. The van der Waals surface area contributed by atoms with Gasteiger partial charge in [0, 0.05) is 53.7 Å². The number of carbonyl (C=O) groups excluding carboxylic acids is 1. The predicted molar refractivity (Wildman–Crippen MR) is 108 cm³/mol. The van der Waals surface area contributed by atoms with Crippen LogP contribution in [0.3, 0.4) is 0 Å². The SMILES string of the molecule is COc1ccc2c(ccn2CCNC(=O)CCc2c[nH]c3ccccc23)c1. The number of methoxy groups -OCH3 is 1. The molecule has 2 aromatic heterocycles. The first kappa shape index (κ1) is 17.2. The summed E-state index contributed by atoms with van der Waals surface area (Å²) in [4.78, 5) is 15.5. The lowest BCUT2D eigenvalue weighted by atomic mass is 10.1. The number of ether oxygens (including phenoxy) is 1. The Morgan fingerprint density at radius 2 is 2.07 bits per heavy atom. The van der Waals surface area contributed by atoms with E-state index in [0.29, 0.717) is 13.0 Å². The number of hydrogen-bond donors (Lipinski definition) is 2. The van der Waals surface area contributed by atoms with Gasteiger partial charge < -0.3 is 19.6 Å². The zero-order valence-electron chi connectivity index (χ0n) is 15.4. The fraction of sp³-hybridized carbons (Fsp3) is 0.227. The maximum atomic E-state index is 12.2. The van der Waals surface area contributed by atoms with Crippen LogP contribution in [0.5, 0.6) is 5.75 Å². The van der Waals surface area contributed by atoms with Crippen LogP contribution in [0.4, 0.5) is 0 Å². The molecule has 0 unspecified atom stereocenters. The van der Waals surface area contributed by atoms with E-state index in [0.717, 1.165) is 35.1 Å². The molecule has 0 aliphatic heterocycles. The summed E-state index contributed by atoms with van der Waals surface area (Å²) in [6.07, 6.45) is 5.27. The highest BCUT2D eigenvalue weighted by Crippen LogP contribution is 2.22. The summed E-state index contributed by atoms with van der Waals surface area (Å²) in [6.45, 7) is 1.36. The molecule has 138 valence electrons. The summed E-state index contributed by atoms with van der Waals surface area (Å²) < 4.78 is 7.41. The number of nitrogens with zero attached hydrogens (tertiary/aromatic N) is 1. The van der Waals surface area contributed by atoms with Crippen molar-refractivity contribution in [3.05, 3.63) is 66.5 Å². The van der Waals surface area contributed by atoms with Crippen molar-refractivity contribution < 1.29 is 9.53 Å². The van der Waals surface area contributed by atoms with Crippen LogP contribution in [-0.4, -0.2) is 29.1 Å². The van der Waals surface area contributed by atoms with E-state index in [4.69, 9.17) is 4.74 Å². The maximum absolute atomic E-state index is 12.2. The zero-order valence-corrected chi connectivity index (χ0v) is 15.4. The highest BCUT2D eigenvalue weighted by Gasteiger charge is 2.07. The van der Waals surface area contributed by atoms with Crippen molar-refractivity contribution in [2.24, 2.45) is 0 Å². The molecular formula is C22H23N3O2. The molecule has 4 rings (SSSR count). The Balaban J connectivity index is 1.29. The smallest absolute Gasteiger partial charge is 0.220 e. The van der Waals surface area contributed by atoms with Crippen LogP contribution < -0.4 is 10.1 Å². The molecule has 0 saturated carbocycles. The van der Waals surface area contributed by atoms with Gasteiger partial charge in [0.05, 0.1) is 7.11 Å². The average Bonchev–Trinajstić information content (AvgIpc) is 3.30. The molecule has 5 heteroatoms. The second-order valence-corrected chi connectivity index (χ2v) is 6.64. The quantitative estimate of drug-likeness (QED) is 0.525. The summed E-state index contributed by atoms with van der Waals surface area (Å²) in [6, 6.07) is 16.3. The lowest BCUT2D eigenvalue weighted by Crippen LogP contribution is -2.27. The summed E-state index contributed by atoms with van der Waals surface area (Å²) >= 11 is 0. The third kappa shape index (κ3) is 3.67. The number of para-hydroxylation sites is 1. The molecule has 0 fully saturated rings. The standard InChI is InChI=1S/C22H23N3O2/c1-27-18-7-8-21-16(14-18)10-12-25(21)13-11-23-22(26)9-6-17-15-24-20-5-3-2-4-19(17)20/h2-5,7-8,10,12,14-15,24H,6,9,11,13H2,1H3,(H,23,26). The molecule has 5 nitrogen and oxygen atoms in total. The Morgan fingerprint density at radius 1 is 1.19 bits per heavy atom. The van der Waals surface area contributed by atoms with Gasteiger partial charge in [0.1, 0.15) is 5.75 Å². The van der Waals surface area contributed by atoms with E-state index in [9.17, 15) is 4.79 Å². The van der Waals surface area contributed by atoms with Crippen molar-refractivity contribution in [2.75, 3.05) is 13.7 Å². The molecule has 2 aromatic carbocycles. The number of aromatic amines is 1. The van der Waals surface area contributed by atoms with Crippen LogP contribution in [0.1, 0.15) is 12.0 Å². The van der Waals surface area contributed by atoms with Crippen molar-refractivity contribution in [1.29, 1.82) is 0 Å². The Labute approximate surface area is 157 Å². The molecule has 1 amide bonds. The van der Waals surface area contributed by atoms with E-state index in [2.05, 4.69) is 33.1 Å². The Hall–Kier alpha value is -3.21. The molecule has 0 aliphatic carbocycles. The van der Waals surface area contributed by atoms with Crippen molar-refractivity contribution in [2.45, 2.75) is 19.4 Å². The van der Waals surface area contributed by atoms with Gasteiger partial charge in [0.25, 0.3) is 0 Å². The first-order valence-corrected chi connectivity index (χ1v) is 9.19. The normalized spacial score (nSPS) is 11.1. The molecular weight excluding hydrogens is 338 g/mol. The molecule has 0 saturated heterocycles. The van der Waals surface area contributed by atoms with Crippen LogP contribution in [-0.2, 0) is 17.8 Å². The molecule has 0 radical (unpaired) electrons. The number of H-pyrrole nitrogens is 1. The number of nitrogens with one attached hydrogen (secondary N) is 2.